The van der Waals surface area contributed by atoms with Crippen LogP contribution in [0.2, 0.25) is 0 Å². The number of carbonyl (C=O) groups excluding carboxylic acids is 2. The molecule has 9 heteroatoms. The van der Waals surface area contributed by atoms with Crippen LogP contribution in [-0.4, -0.2) is 57.7 Å². The number of hydrogen-bond donors (Lipinski definition) is 0. The van der Waals surface area contributed by atoms with Crippen molar-refractivity contribution in [1.29, 1.82) is 5.26 Å². The average Bonchev–Trinajstić information content (AvgIpc) is 3.47. The normalized spacial score (nSPS) is 16.9. The van der Waals surface area contributed by atoms with Crippen LogP contribution in [-0.2, 0) is 4.74 Å². The third kappa shape index (κ3) is 5.16. The molecule has 2 heterocycles. The van der Waals surface area contributed by atoms with Crippen LogP contribution in [0.25, 0.3) is 11.3 Å². The van der Waals surface area contributed by atoms with Crippen molar-refractivity contribution in [2.75, 3.05) is 13.1 Å². The fourth-order valence-electron chi connectivity index (χ4n) is 4.04. The van der Waals surface area contributed by atoms with Gasteiger partial charge in [0.2, 0.25) is 0 Å². The Hall–Kier alpha value is -3.41. The highest BCUT2D eigenvalue weighted by Gasteiger charge is 2.40. The minimum absolute atomic E-state index is 0.00352. The second-order valence-corrected chi connectivity index (χ2v) is 9.52. The molecule has 2 amide bonds. The lowest BCUT2D eigenvalue weighted by molar-refractivity contribution is 0.0141. The zero-order valence-corrected chi connectivity index (χ0v) is 19.0. The highest BCUT2D eigenvalue weighted by molar-refractivity contribution is 5.93. The second kappa shape index (κ2) is 8.85. The monoisotopic (exact) mass is 454 g/mol. The van der Waals surface area contributed by atoms with Crippen LogP contribution in [0.3, 0.4) is 0 Å². The summed E-state index contributed by atoms with van der Waals surface area (Å²) >= 11 is 0. The lowest BCUT2D eigenvalue weighted by atomic mass is 10.0. The van der Waals surface area contributed by atoms with Gasteiger partial charge in [0.25, 0.3) is 5.91 Å². The molecule has 1 aromatic carbocycles. The average molecular weight is 455 g/mol. The maximum Gasteiger partial charge on any atom is 0.410 e. The summed E-state index contributed by atoms with van der Waals surface area (Å²) in [5.41, 5.74) is -0.0444. The van der Waals surface area contributed by atoms with Crippen molar-refractivity contribution in [3.8, 4) is 17.4 Å². The van der Waals surface area contributed by atoms with Gasteiger partial charge in [-0.15, -0.1) is 0 Å². The number of nitrogens with zero attached hydrogens (tertiary/aromatic N) is 4. The molecule has 2 fully saturated rings. The molecule has 0 radical (unpaired) electrons. The molecule has 2 aromatic rings. The summed E-state index contributed by atoms with van der Waals surface area (Å²) in [7, 11) is 0. The van der Waals surface area contributed by atoms with Crippen LogP contribution in [0.4, 0.5) is 9.18 Å². The van der Waals surface area contributed by atoms with Gasteiger partial charge in [0.1, 0.15) is 17.5 Å². The first-order chi connectivity index (χ1) is 15.7. The fourth-order valence-corrected chi connectivity index (χ4v) is 4.04. The van der Waals surface area contributed by atoms with Crippen LogP contribution in [0.15, 0.2) is 28.8 Å². The van der Waals surface area contributed by atoms with E-state index in [1.807, 2.05) is 25.7 Å². The Morgan fingerprint density at radius 1 is 1.18 bits per heavy atom. The van der Waals surface area contributed by atoms with Crippen molar-refractivity contribution in [1.82, 2.24) is 15.0 Å². The Labute approximate surface area is 191 Å². The van der Waals surface area contributed by atoms with Gasteiger partial charge in [-0.05, 0) is 64.7 Å². The maximum atomic E-state index is 14.0. The van der Waals surface area contributed by atoms with E-state index in [2.05, 4.69) is 5.16 Å². The van der Waals surface area contributed by atoms with Gasteiger partial charge in [-0.1, -0.05) is 5.16 Å². The van der Waals surface area contributed by atoms with Crippen molar-refractivity contribution in [3.63, 3.8) is 0 Å². The van der Waals surface area contributed by atoms with E-state index in [0.717, 1.165) is 12.8 Å². The largest absolute Gasteiger partial charge is 0.444 e. The first kappa shape index (κ1) is 22.8. The standard InChI is InChI=1S/C24H27FN4O4/c1-24(2,3)32-23(31)28-10-8-18(9-11-28)29(17-6-7-17)22(30)20-13-21(33-27-20)15-4-5-16(14-26)19(25)12-15/h4-5,12-13,17-18H,6-11H2,1-3H3. The molecule has 33 heavy (non-hydrogen) atoms. The molecule has 0 N–H and O–H groups in total. The molecule has 0 atom stereocenters. The number of likely N-dealkylation sites (tertiary alicyclic amines) is 1. The Balaban J connectivity index is 1.45. The number of amides is 2. The molecule has 1 aromatic heterocycles. The Morgan fingerprint density at radius 2 is 1.85 bits per heavy atom. The van der Waals surface area contributed by atoms with E-state index in [4.69, 9.17) is 14.5 Å². The van der Waals surface area contributed by atoms with Crippen LogP contribution < -0.4 is 0 Å². The highest BCUT2D eigenvalue weighted by Crippen LogP contribution is 2.34. The lowest BCUT2D eigenvalue weighted by Gasteiger charge is -2.38. The number of hydrogen-bond acceptors (Lipinski definition) is 6. The van der Waals surface area contributed by atoms with Gasteiger partial charge in [0, 0.05) is 36.8 Å². The van der Waals surface area contributed by atoms with Gasteiger partial charge >= 0.3 is 6.09 Å². The van der Waals surface area contributed by atoms with Crippen LogP contribution in [0, 0.1) is 17.1 Å². The maximum absolute atomic E-state index is 14.0. The summed E-state index contributed by atoms with van der Waals surface area (Å²) in [6.45, 7) is 6.55. The molecule has 174 valence electrons. The number of rotatable bonds is 4. The van der Waals surface area contributed by atoms with Crippen molar-refractivity contribution in [2.45, 2.75) is 64.1 Å². The van der Waals surface area contributed by atoms with Gasteiger partial charge in [-0.25, -0.2) is 9.18 Å². The van der Waals surface area contributed by atoms with Crippen LogP contribution in [0.1, 0.15) is 62.5 Å². The zero-order chi connectivity index (χ0) is 23.8. The molecule has 1 saturated carbocycles. The molecular weight excluding hydrogens is 427 g/mol. The lowest BCUT2D eigenvalue weighted by Crippen LogP contribution is -2.50. The van der Waals surface area contributed by atoms with E-state index in [0.29, 0.717) is 31.5 Å². The smallest absolute Gasteiger partial charge is 0.410 e. The van der Waals surface area contributed by atoms with E-state index in [-0.39, 0.29) is 41.1 Å². The number of ether oxygens (including phenoxy) is 1. The number of halogens is 1. The summed E-state index contributed by atoms with van der Waals surface area (Å²) in [4.78, 5) is 29.2. The molecule has 4 rings (SSSR count). The minimum Gasteiger partial charge on any atom is -0.444 e. The summed E-state index contributed by atoms with van der Waals surface area (Å²) < 4.78 is 24.7. The Kier molecular flexibility index (Phi) is 6.11. The highest BCUT2D eigenvalue weighted by atomic mass is 19.1. The number of benzene rings is 1. The molecule has 0 unspecified atom stereocenters. The van der Waals surface area contributed by atoms with Gasteiger partial charge in [0.05, 0.1) is 5.56 Å². The molecular formula is C24H27FN4O4. The number of nitriles is 1. The molecule has 0 spiro atoms. The van der Waals surface area contributed by atoms with Gasteiger partial charge in [-0.2, -0.15) is 5.26 Å². The summed E-state index contributed by atoms with van der Waals surface area (Å²) in [6.07, 6.45) is 2.86. The molecule has 2 aliphatic rings. The third-order valence-electron chi connectivity index (χ3n) is 5.79. The molecule has 8 nitrogen and oxygen atoms in total. The first-order valence-electron chi connectivity index (χ1n) is 11.1. The van der Waals surface area contributed by atoms with Crippen molar-refractivity contribution in [3.05, 3.63) is 41.3 Å². The topological polar surface area (TPSA) is 99.7 Å². The summed E-state index contributed by atoms with van der Waals surface area (Å²) in [5.74, 6) is -0.620. The van der Waals surface area contributed by atoms with E-state index in [1.165, 1.54) is 18.2 Å². The molecule has 1 aliphatic carbocycles. The predicted octanol–water partition coefficient (Wildman–Crippen LogP) is 4.36. The number of piperidine rings is 1. The van der Waals surface area contributed by atoms with Crippen molar-refractivity contribution >= 4 is 12.0 Å². The Bertz CT molecular complexity index is 1090. The fraction of sp³-hybridized carbons (Fsp3) is 0.500. The van der Waals surface area contributed by atoms with Crippen LogP contribution in [0.5, 0.6) is 0 Å². The second-order valence-electron chi connectivity index (χ2n) is 9.52. The van der Waals surface area contributed by atoms with Crippen molar-refractivity contribution < 1.29 is 23.2 Å². The summed E-state index contributed by atoms with van der Waals surface area (Å²) in [5, 5.41) is 12.8. The van der Waals surface area contributed by atoms with Gasteiger partial charge < -0.3 is 19.1 Å². The van der Waals surface area contributed by atoms with Crippen molar-refractivity contribution in [2.24, 2.45) is 0 Å². The first-order valence-corrected chi connectivity index (χ1v) is 11.1. The van der Waals surface area contributed by atoms with E-state index < -0.39 is 11.4 Å². The minimum atomic E-state index is -0.657. The zero-order valence-electron chi connectivity index (χ0n) is 19.0. The Morgan fingerprint density at radius 3 is 2.42 bits per heavy atom. The van der Waals surface area contributed by atoms with Gasteiger partial charge in [-0.3, -0.25) is 4.79 Å². The summed E-state index contributed by atoms with van der Waals surface area (Å²) in [6, 6.07) is 7.55. The number of aromatic nitrogens is 1. The number of carbonyl (C=O) groups is 2. The third-order valence-corrected chi connectivity index (χ3v) is 5.79. The SMILES string of the molecule is CC(C)(C)OC(=O)N1CCC(N(C(=O)c2cc(-c3ccc(C#N)c(F)c3)on2)C2CC2)CC1. The van der Waals surface area contributed by atoms with E-state index >= 15 is 0 Å². The quantitative estimate of drug-likeness (QED) is 0.681. The van der Waals surface area contributed by atoms with E-state index in [9.17, 15) is 14.0 Å². The molecule has 1 aliphatic heterocycles. The van der Waals surface area contributed by atoms with Crippen LogP contribution >= 0.6 is 0 Å². The predicted molar refractivity (Wildman–Crippen MR) is 117 cm³/mol. The molecule has 0 bridgehead atoms. The van der Waals surface area contributed by atoms with Gasteiger partial charge in [0.15, 0.2) is 11.5 Å². The molecule has 1 saturated heterocycles. The van der Waals surface area contributed by atoms with E-state index in [1.54, 1.807) is 17.0 Å².